The molecule has 1 heterocycles. The van der Waals surface area contributed by atoms with Gasteiger partial charge in [-0.25, -0.2) is 0 Å². The van der Waals surface area contributed by atoms with E-state index in [2.05, 4.69) is 10.6 Å². The van der Waals surface area contributed by atoms with Gasteiger partial charge in [0.1, 0.15) is 0 Å². The summed E-state index contributed by atoms with van der Waals surface area (Å²) < 4.78 is 0. The first-order valence-corrected chi connectivity index (χ1v) is 6.53. The van der Waals surface area contributed by atoms with Crippen molar-refractivity contribution in [1.82, 2.24) is 10.2 Å². The van der Waals surface area contributed by atoms with Crippen molar-refractivity contribution >= 4 is 29.1 Å². The summed E-state index contributed by atoms with van der Waals surface area (Å²) in [4.78, 5) is 25.4. The summed E-state index contributed by atoms with van der Waals surface area (Å²) in [5, 5.41) is 6.31. The van der Waals surface area contributed by atoms with Crippen LogP contribution in [0.5, 0.6) is 0 Å². The third-order valence-electron chi connectivity index (χ3n) is 3.11. The molecule has 2 rings (SSSR count). The monoisotopic (exact) mass is 281 g/mol. The van der Waals surface area contributed by atoms with Crippen molar-refractivity contribution in [3.63, 3.8) is 0 Å². The van der Waals surface area contributed by atoms with Gasteiger partial charge in [-0.2, -0.15) is 0 Å². The zero-order valence-corrected chi connectivity index (χ0v) is 11.5. The summed E-state index contributed by atoms with van der Waals surface area (Å²) >= 11 is 5.97. The van der Waals surface area contributed by atoms with E-state index < -0.39 is 11.8 Å². The first kappa shape index (κ1) is 13.8. The lowest BCUT2D eigenvalue weighted by Gasteiger charge is -2.26. The molecule has 1 aliphatic rings. The van der Waals surface area contributed by atoms with Gasteiger partial charge in [0, 0.05) is 36.9 Å². The Bertz CT molecular complexity index is 499. The third-order valence-corrected chi connectivity index (χ3v) is 3.52. The maximum atomic E-state index is 12.0. The van der Waals surface area contributed by atoms with Gasteiger partial charge in [0.05, 0.1) is 0 Å². The van der Waals surface area contributed by atoms with E-state index in [0.717, 1.165) is 18.7 Å². The summed E-state index contributed by atoms with van der Waals surface area (Å²) in [5.74, 6) is -1.12. The minimum absolute atomic E-state index is 0.499. The second kappa shape index (κ2) is 6.04. The number of benzene rings is 1. The average molecular weight is 282 g/mol. The minimum atomic E-state index is -0.618. The van der Waals surface area contributed by atoms with Gasteiger partial charge in [-0.1, -0.05) is 17.7 Å². The van der Waals surface area contributed by atoms with Gasteiger partial charge in [-0.3, -0.25) is 9.59 Å². The number of amides is 2. The number of halogens is 1. The molecule has 5 nitrogen and oxygen atoms in total. The molecule has 0 bridgehead atoms. The number of carbonyl (C=O) groups is 2. The molecule has 6 heteroatoms. The van der Waals surface area contributed by atoms with Crippen molar-refractivity contribution < 1.29 is 9.59 Å². The van der Waals surface area contributed by atoms with Crippen LogP contribution < -0.4 is 10.6 Å². The molecule has 19 heavy (non-hydrogen) atoms. The summed E-state index contributed by atoms with van der Waals surface area (Å²) in [6.45, 7) is 4.35. The number of piperazine rings is 1. The summed E-state index contributed by atoms with van der Waals surface area (Å²) in [6.07, 6.45) is 0. The number of hydrogen-bond donors (Lipinski definition) is 2. The highest BCUT2D eigenvalue weighted by atomic mass is 35.5. The largest absolute Gasteiger partial charge is 0.332 e. The summed E-state index contributed by atoms with van der Waals surface area (Å²) in [7, 11) is 0. The number of rotatable bonds is 1. The van der Waals surface area contributed by atoms with Gasteiger partial charge in [-0.05, 0) is 24.6 Å². The van der Waals surface area contributed by atoms with Gasteiger partial charge in [-0.15, -0.1) is 0 Å². The van der Waals surface area contributed by atoms with Crippen LogP contribution in [0.4, 0.5) is 5.69 Å². The molecule has 0 saturated carbocycles. The molecular formula is C13H16ClN3O2. The van der Waals surface area contributed by atoms with E-state index in [1.54, 1.807) is 30.0 Å². The maximum absolute atomic E-state index is 12.0. The van der Waals surface area contributed by atoms with Crippen molar-refractivity contribution in [2.45, 2.75) is 6.92 Å². The highest BCUT2D eigenvalue weighted by Gasteiger charge is 2.23. The average Bonchev–Trinajstić information content (AvgIpc) is 2.44. The van der Waals surface area contributed by atoms with Gasteiger partial charge in [0.2, 0.25) is 0 Å². The van der Waals surface area contributed by atoms with E-state index in [1.165, 1.54) is 0 Å². The van der Waals surface area contributed by atoms with Crippen LogP contribution in [0.3, 0.4) is 0 Å². The topological polar surface area (TPSA) is 61.4 Å². The number of hydrogen-bond acceptors (Lipinski definition) is 3. The number of nitrogens with one attached hydrogen (secondary N) is 2. The normalized spacial score (nSPS) is 15.2. The van der Waals surface area contributed by atoms with E-state index >= 15 is 0 Å². The smallest absolute Gasteiger partial charge is 0.313 e. The Labute approximate surface area is 116 Å². The standard InChI is InChI=1S/C13H16ClN3O2/c1-9-10(14)3-2-4-11(9)16-12(18)13(19)17-7-5-15-6-8-17/h2-4,15H,5-8H2,1H3,(H,16,18). The lowest BCUT2D eigenvalue weighted by atomic mass is 10.2. The third kappa shape index (κ3) is 3.24. The van der Waals surface area contributed by atoms with Gasteiger partial charge < -0.3 is 15.5 Å². The molecule has 1 saturated heterocycles. The Kier molecular flexibility index (Phi) is 4.39. The predicted molar refractivity (Wildman–Crippen MR) is 74.3 cm³/mol. The van der Waals surface area contributed by atoms with E-state index in [9.17, 15) is 9.59 Å². The van der Waals surface area contributed by atoms with Gasteiger partial charge >= 0.3 is 11.8 Å². The molecule has 2 amide bonds. The highest BCUT2D eigenvalue weighted by Crippen LogP contribution is 2.22. The van der Waals surface area contributed by atoms with Crippen LogP contribution >= 0.6 is 11.6 Å². The van der Waals surface area contributed by atoms with Crippen molar-refractivity contribution in [2.75, 3.05) is 31.5 Å². The van der Waals surface area contributed by atoms with Crippen molar-refractivity contribution in [2.24, 2.45) is 0 Å². The predicted octanol–water partition coefficient (Wildman–Crippen LogP) is 1.02. The lowest BCUT2D eigenvalue weighted by Crippen LogP contribution is -2.49. The SMILES string of the molecule is Cc1c(Cl)cccc1NC(=O)C(=O)N1CCNCC1. The first-order chi connectivity index (χ1) is 9.09. The van der Waals surface area contributed by atoms with Crippen LogP contribution in [0.1, 0.15) is 5.56 Å². The number of anilines is 1. The maximum Gasteiger partial charge on any atom is 0.313 e. The molecule has 0 aromatic heterocycles. The highest BCUT2D eigenvalue weighted by molar-refractivity contribution is 6.40. The Balaban J connectivity index is 2.04. The minimum Gasteiger partial charge on any atom is -0.332 e. The second-order valence-electron chi connectivity index (χ2n) is 4.41. The quantitative estimate of drug-likeness (QED) is 0.756. The fraction of sp³-hybridized carbons (Fsp3) is 0.385. The van der Waals surface area contributed by atoms with Gasteiger partial charge in [0.25, 0.3) is 0 Å². The Morgan fingerprint density at radius 2 is 2.00 bits per heavy atom. The van der Waals surface area contributed by atoms with Crippen molar-refractivity contribution in [3.8, 4) is 0 Å². The van der Waals surface area contributed by atoms with Crippen molar-refractivity contribution in [3.05, 3.63) is 28.8 Å². The van der Waals surface area contributed by atoms with E-state index in [-0.39, 0.29) is 0 Å². The molecule has 102 valence electrons. The molecule has 0 spiro atoms. The molecule has 1 aromatic carbocycles. The Morgan fingerprint density at radius 1 is 1.32 bits per heavy atom. The fourth-order valence-corrected chi connectivity index (χ4v) is 2.10. The van der Waals surface area contributed by atoms with Crippen LogP contribution in [0.2, 0.25) is 5.02 Å². The van der Waals surface area contributed by atoms with Crippen LogP contribution in [-0.2, 0) is 9.59 Å². The fourth-order valence-electron chi connectivity index (χ4n) is 1.93. The van der Waals surface area contributed by atoms with E-state index in [1.807, 2.05) is 0 Å². The Morgan fingerprint density at radius 3 is 2.68 bits per heavy atom. The molecule has 1 aliphatic heterocycles. The second-order valence-corrected chi connectivity index (χ2v) is 4.82. The molecule has 0 radical (unpaired) electrons. The van der Waals surface area contributed by atoms with E-state index in [0.29, 0.717) is 23.8 Å². The molecule has 2 N–H and O–H groups in total. The van der Waals surface area contributed by atoms with Crippen LogP contribution in [0, 0.1) is 6.92 Å². The van der Waals surface area contributed by atoms with Crippen molar-refractivity contribution in [1.29, 1.82) is 0 Å². The molecule has 0 atom stereocenters. The zero-order chi connectivity index (χ0) is 13.8. The number of nitrogens with zero attached hydrogens (tertiary/aromatic N) is 1. The number of carbonyl (C=O) groups excluding carboxylic acids is 2. The zero-order valence-electron chi connectivity index (χ0n) is 10.7. The molecule has 1 fully saturated rings. The summed E-state index contributed by atoms with van der Waals surface area (Å²) in [5.41, 5.74) is 1.33. The van der Waals surface area contributed by atoms with E-state index in [4.69, 9.17) is 11.6 Å². The first-order valence-electron chi connectivity index (χ1n) is 6.15. The molecule has 0 aliphatic carbocycles. The van der Waals surface area contributed by atoms with Crippen LogP contribution in [0.15, 0.2) is 18.2 Å². The molecular weight excluding hydrogens is 266 g/mol. The van der Waals surface area contributed by atoms with Gasteiger partial charge in [0.15, 0.2) is 0 Å². The molecule has 1 aromatic rings. The molecule has 0 unspecified atom stereocenters. The lowest BCUT2D eigenvalue weighted by molar-refractivity contribution is -0.143. The Hall–Kier alpha value is -1.59. The van der Waals surface area contributed by atoms with Crippen LogP contribution in [-0.4, -0.2) is 42.9 Å². The van der Waals surface area contributed by atoms with Crippen LogP contribution in [0.25, 0.3) is 0 Å². The summed E-state index contributed by atoms with van der Waals surface area (Å²) in [6, 6.07) is 5.20.